The minimum Gasteiger partial charge on any atom is -0.830 e. The maximum atomic E-state index is 12.9. The van der Waals surface area contributed by atoms with Crippen LogP contribution in [0.15, 0.2) is 27.6 Å². The first-order valence-electron chi connectivity index (χ1n) is 14.9. The largest absolute Gasteiger partial charge is 0.830 e. The van der Waals surface area contributed by atoms with Gasteiger partial charge in [-0.25, -0.2) is 9.29 Å². The summed E-state index contributed by atoms with van der Waals surface area (Å²) in [7, 11) is -16.3. The molecule has 0 radical (unpaired) electrons. The zero-order valence-electron chi connectivity index (χ0n) is 26.9. The summed E-state index contributed by atoms with van der Waals surface area (Å²) < 4.78 is 67.2. The van der Waals surface area contributed by atoms with Gasteiger partial charge in [-0.1, -0.05) is 0 Å². The van der Waals surface area contributed by atoms with Gasteiger partial charge in [0.15, 0.2) is 37.2 Å². The van der Waals surface area contributed by atoms with Gasteiger partial charge in [0.05, 0.1) is 25.3 Å². The topological polar surface area (TPSA) is 426 Å². The van der Waals surface area contributed by atoms with Gasteiger partial charge in [-0.15, -0.1) is 0 Å². The van der Waals surface area contributed by atoms with E-state index in [0.29, 0.717) is 0 Å². The zero-order valence-corrected chi connectivity index (χ0v) is 29.6. The van der Waals surface area contributed by atoms with Gasteiger partial charge < -0.3 is 90.1 Å². The minimum atomic E-state index is -6.49. The molecule has 296 valence electrons. The van der Waals surface area contributed by atoms with Crippen LogP contribution in [-0.2, 0) is 41.1 Å². The van der Waals surface area contributed by atoms with Gasteiger partial charge in [0, 0.05) is 20.4 Å². The Morgan fingerprint density at radius 3 is 2.45 bits per heavy atom. The van der Waals surface area contributed by atoms with Gasteiger partial charge in [-0.05, 0) is 0 Å². The first kappa shape index (κ1) is 39.6. The molecule has 2 aromatic rings. The summed E-state index contributed by atoms with van der Waals surface area (Å²) in [6.07, 6.45) is -14.7. The normalized spacial score (nSPS) is 34.4. The molecule has 2 saturated heterocycles. The average molecular weight is 816 g/mol. The predicted molar refractivity (Wildman–Crippen MR) is 161 cm³/mol. The molecule has 6 rings (SSSR count). The Morgan fingerprint density at radius 2 is 1.77 bits per heavy atom. The van der Waals surface area contributed by atoms with Crippen LogP contribution < -0.4 is 42.1 Å². The Kier molecular flexibility index (Phi) is 10.6. The molecule has 28 nitrogen and oxygen atoms in total. The van der Waals surface area contributed by atoms with E-state index in [9.17, 15) is 58.7 Å². The van der Waals surface area contributed by atoms with Gasteiger partial charge in [-0.2, -0.15) is 4.98 Å². The zero-order chi connectivity index (χ0) is 38.9. The molecule has 0 aromatic carbocycles. The van der Waals surface area contributed by atoms with Crippen molar-refractivity contribution < 1.29 is 81.3 Å². The first-order valence-corrected chi connectivity index (χ1v) is 19.4. The molecule has 7 unspecified atom stereocenters. The maximum Gasteiger partial charge on any atom is 0.280 e. The molecule has 53 heavy (non-hydrogen) atoms. The van der Waals surface area contributed by atoms with Crippen LogP contribution in [-0.4, -0.2) is 138 Å². The van der Waals surface area contributed by atoms with Crippen molar-refractivity contribution in [2.45, 2.75) is 61.2 Å². The van der Waals surface area contributed by atoms with Crippen molar-refractivity contribution in [1.82, 2.24) is 34.6 Å². The van der Waals surface area contributed by atoms with Gasteiger partial charge >= 0.3 is 0 Å². The molecule has 4 aliphatic heterocycles. The number of anilines is 1. The number of aliphatic hydroxyl groups is 4. The lowest BCUT2D eigenvalue weighted by atomic mass is 10.1. The van der Waals surface area contributed by atoms with E-state index < -0.39 is 96.6 Å². The van der Waals surface area contributed by atoms with E-state index in [1.54, 1.807) is 0 Å². The standard InChI is InChI=1S/C22H34N10O18P3/c1-30-5-32(15-8(30)17(37)29-22(24)27-15)19-11(35)12(45-2)13(48-19)20(38)51(39,40)49-53(43,44)50-52(41,42)46-3-6-9(33)10(34)18(47-6)31-4-25-7-14(31)26-21(23)28-16(7)36/h4,6,9-13,17-20,33-35,38H,3,5H2,1-2H3,(H,39,40)(H,41,42)(H,43,44)(H3,24,27,29)(H3,23,26,28,36)/q-1/p-3/t6-,9?,10+,11?,12+,13-,17?,18-,19+,20?/m1/s1. The third-order valence-electron chi connectivity index (χ3n) is 8.36. The van der Waals surface area contributed by atoms with Gasteiger partial charge in [0.2, 0.25) is 5.95 Å². The number of fused-ring (bicyclic) bond motifs is 1. The Morgan fingerprint density at radius 1 is 1.08 bits per heavy atom. The molecule has 6 heterocycles. The van der Waals surface area contributed by atoms with Crippen LogP contribution in [0.3, 0.4) is 0 Å². The predicted octanol–water partition coefficient (Wildman–Crippen LogP) is -7.74. The summed E-state index contributed by atoms with van der Waals surface area (Å²) in [5, 5.41) is 57.8. The molecule has 0 saturated carbocycles. The molecule has 0 spiro atoms. The summed E-state index contributed by atoms with van der Waals surface area (Å²) in [5.74, 6) is -3.52. The fourth-order valence-corrected chi connectivity index (χ4v) is 10.0. The number of hydrogen-bond acceptors (Lipinski definition) is 26. The fraction of sp³-hybridized carbons (Fsp3) is 0.636. The summed E-state index contributed by atoms with van der Waals surface area (Å²) >= 11 is 0. The van der Waals surface area contributed by atoms with E-state index in [2.05, 4.69) is 38.4 Å². The van der Waals surface area contributed by atoms with Gasteiger partial charge in [0.25, 0.3) is 21.2 Å². The number of nitrogens with one attached hydrogen (secondary N) is 2. The highest BCUT2D eigenvalue weighted by molar-refractivity contribution is 7.67. The second kappa shape index (κ2) is 14.2. The van der Waals surface area contributed by atoms with Crippen molar-refractivity contribution in [3.05, 3.63) is 28.2 Å². The number of hydrogen-bond donors (Lipinski definition) is 8. The molecule has 10 N–H and O–H groups in total. The van der Waals surface area contributed by atoms with Crippen LogP contribution in [0.5, 0.6) is 0 Å². The number of H-pyrrole nitrogens is 1. The molecule has 31 heteroatoms. The Bertz CT molecular complexity index is 2010. The van der Waals surface area contributed by atoms with E-state index in [0.717, 1.165) is 18.0 Å². The highest BCUT2D eigenvalue weighted by Crippen LogP contribution is 2.64. The molecule has 0 bridgehead atoms. The quantitative estimate of drug-likeness (QED) is 0.0922. The number of nitrogen functional groups attached to an aromatic ring is 1. The number of rotatable bonds is 12. The maximum absolute atomic E-state index is 12.9. The lowest BCUT2D eigenvalue weighted by Crippen LogP contribution is -2.49. The van der Waals surface area contributed by atoms with Crippen molar-refractivity contribution in [2.75, 3.05) is 33.2 Å². The molecule has 4 aliphatic rings. The molecule has 13 atom stereocenters. The third kappa shape index (κ3) is 7.48. The van der Waals surface area contributed by atoms with E-state index >= 15 is 0 Å². The summed E-state index contributed by atoms with van der Waals surface area (Å²) in [6.45, 7) is -1.35. The Labute approximate surface area is 295 Å². The number of aromatic nitrogens is 4. The number of nitrogens with zero attached hydrogens (tertiary/aromatic N) is 6. The number of guanidine groups is 1. The van der Waals surface area contributed by atoms with Crippen molar-refractivity contribution in [1.29, 1.82) is 0 Å². The average Bonchev–Trinajstić information content (AvgIpc) is 3.77. The number of imidazole rings is 1. The van der Waals surface area contributed by atoms with Gasteiger partial charge in [-0.3, -0.25) is 32.8 Å². The lowest BCUT2D eigenvalue weighted by Gasteiger charge is -2.38. The molecule has 2 fully saturated rings. The summed E-state index contributed by atoms with van der Waals surface area (Å²) in [6, 6.07) is 0. The van der Waals surface area contributed by atoms with E-state index in [4.69, 9.17) is 25.7 Å². The monoisotopic (exact) mass is 816 g/mol. The number of aromatic amines is 1. The molecule has 0 aliphatic carbocycles. The summed E-state index contributed by atoms with van der Waals surface area (Å²) in [5.41, 5.74) is 10.1. The van der Waals surface area contributed by atoms with Crippen molar-refractivity contribution in [3.63, 3.8) is 0 Å². The fourth-order valence-electron chi connectivity index (χ4n) is 6.06. The Hall–Kier alpha value is -3.11. The lowest BCUT2D eigenvalue weighted by molar-refractivity contribution is -0.407. The van der Waals surface area contributed by atoms with E-state index in [-0.39, 0.29) is 41.3 Å². The number of likely N-dealkylation sites (N-methyl/N-ethyl adjacent to an activating group) is 1. The smallest absolute Gasteiger partial charge is 0.280 e. The highest BCUT2D eigenvalue weighted by atomic mass is 31.3. The minimum absolute atomic E-state index is 0.0360. The number of nitrogens with two attached hydrogens (primary N) is 2. The molecule has 0 amide bonds. The number of aliphatic imine (C=N–C) groups is 1. The van der Waals surface area contributed by atoms with Crippen LogP contribution in [0.2, 0.25) is 0 Å². The van der Waals surface area contributed by atoms with Crippen molar-refractivity contribution in [2.24, 2.45) is 10.7 Å². The molecule has 2 aromatic heterocycles. The SMILES string of the molecule is CO[C@H]1C(O)[C@@H](N2CN(C)C3=C2NC(N)=NC3[O-])O[C@H]1C(O)P(=O)([O-])OP(=O)([O-])OP(=O)([O-])OC[C@H]1O[C@@H](n2cnc3c(=O)[nH]c(N)nc32)[C@@H](O)C1O. The summed E-state index contributed by atoms with van der Waals surface area (Å²) in [4.78, 5) is 66.2. The number of phosphoric acid groups is 2. The third-order valence-corrected chi connectivity index (χ3v) is 13.1. The number of ether oxygens (including phenoxy) is 3. The van der Waals surface area contributed by atoms with Crippen LogP contribution >= 0.6 is 23.2 Å². The van der Waals surface area contributed by atoms with Crippen LogP contribution in [0.25, 0.3) is 11.2 Å². The van der Waals surface area contributed by atoms with Gasteiger partial charge in [0.1, 0.15) is 48.3 Å². The first-order chi connectivity index (χ1) is 24.6. The second-order valence-corrected chi connectivity index (χ2v) is 16.8. The van der Waals surface area contributed by atoms with Crippen LogP contribution in [0.1, 0.15) is 6.23 Å². The van der Waals surface area contributed by atoms with Crippen molar-refractivity contribution in [3.8, 4) is 0 Å². The molecular weight excluding hydrogens is 785 g/mol. The highest BCUT2D eigenvalue weighted by Gasteiger charge is 2.54. The van der Waals surface area contributed by atoms with E-state index in [1.807, 2.05) is 0 Å². The Balaban J connectivity index is 1.09. The van der Waals surface area contributed by atoms with Crippen LogP contribution in [0, 0.1) is 0 Å². The van der Waals surface area contributed by atoms with Crippen LogP contribution in [0.4, 0.5) is 5.95 Å². The second-order valence-electron chi connectivity index (χ2n) is 11.8. The van der Waals surface area contributed by atoms with E-state index in [1.165, 1.54) is 16.8 Å². The number of methoxy groups -OCH3 is 1. The number of phosphoric ester groups is 1. The molecular formula is C22H31N10O18P3-4. The number of aliphatic hydroxyl groups excluding tert-OH is 4. The van der Waals surface area contributed by atoms with Crippen molar-refractivity contribution >= 4 is 46.3 Å².